The highest BCUT2D eigenvalue weighted by atomic mass is 32.2. The number of likely N-dealkylation sites (N-methyl/N-ethyl adjacent to an activating group) is 1. The van der Waals surface area contributed by atoms with Crippen LogP contribution in [0.25, 0.3) is 6.08 Å². The van der Waals surface area contributed by atoms with Crippen LogP contribution in [-0.4, -0.2) is 62.2 Å². The Hall–Kier alpha value is -2.07. The van der Waals surface area contributed by atoms with Crippen LogP contribution in [0, 0.1) is 6.92 Å². The zero-order valence-corrected chi connectivity index (χ0v) is 17.3. The maximum absolute atomic E-state index is 12.7. The number of sulfonamides is 1. The molecule has 9 heteroatoms. The maximum Gasteiger partial charge on any atom is 0.241 e. The Balaban J connectivity index is 2.11. The molecule has 1 aromatic carbocycles. The number of hydrogen-bond acceptors (Lipinski definition) is 6. The highest BCUT2D eigenvalue weighted by Gasteiger charge is 2.22. The molecule has 0 bridgehead atoms. The van der Waals surface area contributed by atoms with E-state index in [0.29, 0.717) is 11.7 Å². The van der Waals surface area contributed by atoms with Crippen molar-refractivity contribution in [1.82, 2.24) is 14.2 Å². The van der Waals surface area contributed by atoms with Gasteiger partial charge in [-0.05, 0) is 32.7 Å². The van der Waals surface area contributed by atoms with Gasteiger partial charge in [-0.15, -0.1) is 11.3 Å². The zero-order chi connectivity index (χ0) is 19.9. The van der Waals surface area contributed by atoms with Crippen molar-refractivity contribution in [2.45, 2.75) is 6.92 Å². The molecule has 1 aromatic heterocycles. The minimum absolute atomic E-state index is 0.207. The van der Waals surface area contributed by atoms with E-state index in [2.05, 4.69) is 10.3 Å². The molecule has 0 aliphatic carbocycles. The van der Waals surface area contributed by atoms with Crippen LogP contribution in [0.15, 0.2) is 41.1 Å². The van der Waals surface area contributed by atoms with E-state index in [1.165, 1.54) is 21.7 Å². The Morgan fingerprint density at radius 2 is 1.93 bits per heavy atom. The Morgan fingerprint density at radius 3 is 2.52 bits per heavy atom. The monoisotopic (exact) mass is 408 g/mol. The minimum atomic E-state index is -3.75. The van der Waals surface area contributed by atoms with Crippen LogP contribution < -0.4 is 5.32 Å². The molecule has 0 saturated carbocycles. The fraction of sp³-hybridized carbons (Fsp3) is 0.333. The summed E-state index contributed by atoms with van der Waals surface area (Å²) in [5, 5.41) is 6.07. The number of carbonyl (C=O) groups is 1. The van der Waals surface area contributed by atoms with Gasteiger partial charge in [-0.2, -0.15) is 4.31 Å². The minimum Gasteiger partial charge on any atom is -0.308 e. The summed E-state index contributed by atoms with van der Waals surface area (Å²) in [6.45, 7) is 2.27. The topological polar surface area (TPSA) is 82.6 Å². The van der Waals surface area contributed by atoms with Crippen molar-refractivity contribution < 1.29 is 13.2 Å². The van der Waals surface area contributed by atoms with Crippen molar-refractivity contribution in [3.63, 3.8) is 0 Å². The van der Waals surface area contributed by atoms with E-state index in [4.69, 9.17) is 0 Å². The number of nitrogens with zero attached hydrogens (tertiary/aromatic N) is 3. The van der Waals surface area contributed by atoms with E-state index >= 15 is 0 Å². The molecule has 0 aliphatic heterocycles. The average Bonchev–Trinajstić information content (AvgIpc) is 3.02. The molecule has 0 saturated heterocycles. The standard InChI is InChI=1S/C18H24N4O3S2/c1-15-14-26-18(19-15)20-17(23)13-22(11-10-21(2)3)27(24,25)12-9-16-7-5-4-6-8-16/h4-9,12,14H,10-11,13H2,1-3H3,(H,19,20,23)/b12-9+. The highest BCUT2D eigenvalue weighted by Crippen LogP contribution is 2.15. The molecule has 0 fully saturated rings. The number of aromatic nitrogens is 1. The lowest BCUT2D eigenvalue weighted by Gasteiger charge is -2.21. The summed E-state index contributed by atoms with van der Waals surface area (Å²) in [5.41, 5.74) is 1.58. The molecule has 7 nitrogen and oxygen atoms in total. The predicted molar refractivity (Wildman–Crippen MR) is 110 cm³/mol. The molecule has 27 heavy (non-hydrogen) atoms. The van der Waals surface area contributed by atoms with Gasteiger partial charge in [0.1, 0.15) is 0 Å². The number of nitrogens with one attached hydrogen (secondary N) is 1. The first kappa shape index (κ1) is 21.2. The highest BCUT2D eigenvalue weighted by molar-refractivity contribution is 7.92. The van der Waals surface area contributed by atoms with Gasteiger partial charge < -0.3 is 10.2 Å². The van der Waals surface area contributed by atoms with Crippen molar-refractivity contribution in [2.24, 2.45) is 0 Å². The predicted octanol–water partition coefficient (Wildman–Crippen LogP) is 2.25. The third-order valence-electron chi connectivity index (χ3n) is 3.57. The number of anilines is 1. The first-order chi connectivity index (χ1) is 12.8. The third-order valence-corrected chi connectivity index (χ3v) is 5.96. The summed E-state index contributed by atoms with van der Waals surface area (Å²) in [5.74, 6) is -0.417. The second kappa shape index (κ2) is 9.75. The van der Waals surface area contributed by atoms with E-state index in [1.54, 1.807) is 0 Å². The lowest BCUT2D eigenvalue weighted by molar-refractivity contribution is -0.116. The molecule has 1 N–H and O–H groups in total. The fourth-order valence-electron chi connectivity index (χ4n) is 2.15. The van der Waals surface area contributed by atoms with Gasteiger partial charge in [-0.1, -0.05) is 30.3 Å². The SMILES string of the molecule is Cc1csc(NC(=O)CN(CCN(C)C)S(=O)(=O)/C=C/c2ccccc2)n1. The summed E-state index contributed by atoms with van der Waals surface area (Å²) in [6.07, 6.45) is 1.53. The van der Waals surface area contributed by atoms with Gasteiger partial charge in [-0.3, -0.25) is 4.79 Å². The first-order valence-electron chi connectivity index (χ1n) is 8.36. The van der Waals surface area contributed by atoms with Crippen LogP contribution in [-0.2, 0) is 14.8 Å². The van der Waals surface area contributed by atoms with Gasteiger partial charge in [0.05, 0.1) is 12.2 Å². The maximum atomic E-state index is 12.7. The largest absolute Gasteiger partial charge is 0.308 e. The van der Waals surface area contributed by atoms with Crippen LogP contribution in [0.5, 0.6) is 0 Å². The van der Waals surface area contributed by atoms with E-state index in [1.807, 2.05) is 61.6 Å². The molecular formula is C18H24N4O3S2. The van der Waals surface area contributed by atoms with Gasteiger partial charge >= 0.3 is 0 Å². The molecule has 2 rings (SSSR count). The van der Waals surface area contributed by atoms with Crippen molar-refractivity contribution >= 4 is 38.5 Å². The second-order valence-electron chi connectivity index (χ2n) is 6.24. The lowest BCUT2D eigenvalue weighted by atomic mass is 10.2. The van der Waals surface area contributed by atoms with Gasteiger partial charge in [0.25, 0.3) is 0 Å². The van der Waals surface area contributed by atoms with Gasteiger partial charge in [0.2, 0.25) is 15.9 Å². The van der Waals surface area contributed by atoms with E-state index in [0.717, 1.165) is 16.7 Å². The van der Waals surface area contributed by atoms with Gasteiger partial charge in [0, 0.05) is 23.9 Å². The van der Waals surface area contributed by atoms with Crippen molar-refractivity contribution in [2.75, 3.05) is 39.0 Å². The van der Waals surface area contributed by atoms with E-state index in [9.17, 15) is 13.2 Å². The molecule has 2 aromatic rings. The first-order valence-corrected chi connectivity index (χ1v) is 10.7. The summed E-state index contributed by atoms with van der Waals surface area (Å²) in [6, 6.07) is 9.15. The Morgan fingerprint density at radius 1 is 1.22 bits per heavy atom. The number of thiazole rings is 1. The molecule has 1 heterocycles. The van der Waals surface area contributed by atoms with Crippen LogP contribution in [0.1, 0.15) is 11.3 Å². The summed E-state index contributed by atoms with van der Waals surface area (Å²) >= 11 is 1.31. The molecule has 0 aliphatic rings. The number of amides is 1. The Kier molecular flexibility index (Phi) is 7.66. The average molecular weight is 409 g/mol. The van der Waals surface area contributed by atoms with Crippen LogP contribution in [0.2, 0.25) is 0 Å². The summed E-state index contributed by atoms with van der Waals surface area (Å²) in [4.78, 5) is 18.3. The quantitative estimate of drug-likeness (QED) is 0.688. The van der Waals surface area contributed by atoms with E-state index < -0.39 is 15.9 Å². The molecule has 0 unspecified atom stereocenters. The van der Waals surface area contributed by atoms with Crippen LogP contribution in [0.3, 0.4) is 0 Å². The van der Waals surface area contributed by atoms with Crippen molar-refractivity contribution in [3.05, 3.63) is 52.4 Å². The fourth-order valence-corrected chi connectivity index (χ4v) is 3.99. The number of hydrogen-bond donors (Lipinski definition) is 1. The Bertz CT molecular complexity index is 877. The molecule has 146 valence electrons. The van der Waals surface area contributed by atoms with Crippen molar-refractivity contribution in [3.8, 4) is 0 Å². The molecule has 0 atom stereocenters. The molecule has 0 spiro atoms. The Labute approximate surface area is 164 Å². The van der Waals surface area contributed by atoms with E-state index in [-0.39, 0.29) is 13.1 Å². The summed E-state index contributed by atoms with van der Waals surface area (Å²) < 4.78 is 26.6. The number of carbonyl (C=O) groups excluding carboxylic acids is 1. The normalized spacial score (nSPS) is 12.2. The summed E-state index contributed by atoms with van der Waals surface area (Å²) in [7, 11) is -0.0497. The van der Waals surface area contributed by atoms with Crippen molar-refractivity contribution in [1.29, 1.82) is 0 Å². The smallest absolute Gasteiger partial charge is 0.241 e. The molecular weight excluding hydrogens is 384 g/mol. The number of rotatable bonds is 9. The lowest BCUT2D eigenvalue weighted by Crippen LogP contribution is -2.40. The molecule has 1 amide bonds. The number of aryl methyl sites for hydroxylation is 1. The molecule has 0 radical (unpaired) electrons. The third kappa shape index (κ3) is 7.22. The van der Waals surface area contributed by atoms with Gasteiger partial charge in [0.15, 0.2) is 5.13 Å². The second-order valence-corrected chi connectivity index (χ2v) is 8.91. The zero-order valence-electron chi connectivity index (χ0n) is 15.6. The van der Waals surface area contributed by atoms with Crippen LogP contribution >= 0.6 is 11.3 Å². The number of benzene rings is 1. The van der Waals surface area contributed by atoms with Crippen LogP contribution in [0.4, 0.5) is 5.13 Å². The van der Waals surface area contributed by atoms with Gasteiger partial charge in [-0.25, -0.2) is 13.4 Å².